The lowest BCUT2D eigenvalue weighted by molar-refractivity contribution is -0.0636. The zero-order valence-corrected chi connectivity index (χ0v) is 12.1. The van der Waals surface area contributed by atoms with E-state index in [1.807, 2.05) is 6.92 Å². The summed E-state index contributed by atoms with van der Waals surface area (Å²) in [5.74, 6) is 1.42. The van der Waals surface area contributed by atoms with Gasteiger partial charge in [0, 0.05) is 6.61 Å². The predicted molar refractivity (Wildman–Crippen MR) is 75.1 cm³/mol. The number of anilines is 1. The van der Waals surface area contributed by atoms with Crippen molar-refractivity contribution in [1.82, 2.24) is 25.3 Å². The summed E-state index contributed by atoms with van der Waals surface area (Å²) in [4.78, 5) is 8.46. The van der Waals surface area contributed by atoms with Crippen molar-refractivity contribution in [2.45, 2.75) is 51.0 Å². The van der Waals surface area contributed by atoms with Crippen molar-refractivity contribution in [2.24, 2.45) is 0 Å². The van der Waals surface area contributed by atoms with Crippen molar-refractivity contribution in [3.05, 3.63) is 5.82 Å². The number of nitrogen functional groups attached to an aromatic ring is 1. The summed E-state index contributed by atoms with van der Waals surface area (Å²) in [5.41, 5.74) is 5.05. The minimum atomic E-state index is -0.446. The molecule has 1 fully saturated rings. The Morgan fingerprint density at radius 1 is 1.24 bits per heavy atom. The van der Waals surface area contributed by atoms with Crippen LogP contribution in [0.25, 0.3) is 11.7 Å². The lowest BCUT2D eigenvalue weighted by Gasteiger charge is -2.29. The van der Waals surface area contributed by atoms with Crippen LogP contribution in [0.3, 0.4) is 0 Å². The highest BCUT2D eigenvalue weighted by Gasteiger charge is 2.38. The van der Waals surface area contributed by atoms with E-state index in [0.29, 0.717) is 18.3 Å². The molecule has 8 nitrogen and oxygen atoms in total. The fourth-order valence-electron chi connectivity index (χ4n) is 2.88. The van der Waals surface area contributed by atoms with Crippen molar-refractivity contribution in [2.75, 3.05) is 12.3 Å². The molecule has 1 saturated carbocycles. The zero-order valence-electron chi connectivity index (χ0n) is 12.1. The highest BCUT2D eigenvalue weighted by atomic mass is 16.5. The monoisotopic (exact) mass is 292 g/mol. The third-order valence-electron chi connectivity index (χ3n) is 3.87. The van der Waals surface area contributed by atoms with E-state index in [1.165, 1.54) is 12.8 Å². The standard InChI is InChI=1S/C13H20N6O2/c1-2-20-13(7-5-3-4-6-8-13)11-16-10(21-19-11)9-15-12(14)18-17-9/h2-8H2,1H3,(H3,14,15,17,18). The fourth-order valence-corrected chi connectivity index (χ4v) is 2.88. The molecule has 0 spiro atoms. The van der Waals surface area contributed by atoms with E-state index < -0.39 is 5.60 Å². The van der Waals surface area contributed by atoms with Gasteiger partial charge < -0.3 is 15.0 Å². The Hall–Kier alpha value is -1.96. The van der Waals surface area contributed by atoms with Crippen LogP contribution in [0.4, 0.5) is 5.95 Å². The van der Waals surface area contributed by atoms with Crippen LogP contribution in [0.5, 0.6) is 0 Å². The molecule has 114 valence electrons. The van der Waals surface area contributed by atoms with Crippen LogP contribution in [0.1, 0.15) is 51.3 Å². The lowest BCUT2D eigenvalue weighted by atomic mass is 9.93. The molecule has 2 heterocycles. The van der Waals surface area contributed by atoms with E-state index in [9.17, 15) is 0 Å². The Morgan fingerprint density at radius 2 is 2.00 bits per heavy atom. The maximum atomic E-state index is 6.03. The minimum absolute atomic E-state index is 0.152. The van der Waals surface area contributed by atoms with Gasteiger partial charge in [-0.25, -0.2) is 0 Å². The van der Waals surface area contributed by atoms with Crippen LogP contribution < -0.4 is 5.73 Å². The summed E-state index contributed by atoms with van der Waals surface area (Å²) >= 11 is 0. The van der Waals surface area contributed by atoms with Gasteiger partial charge in [0.25, 0.3) is 5.89 Å². The maximum absolute atomic E-state index is 6.03. The predicted octanol–water partition coefficient (Wildman–Crippen LogP) is 2.02. The molecule has 2 aromatic heterocycles. The molecule has 0 bridgehead atoms. The topological polar surface area (TPSA) is 116 Å². The van der Waals surface area contributed by atoms with Gasteiger partial charge >= 0.3 is 0 Å². The van der Waals surface area contributed by atoms with Crippen LogP contribution in [0.2, 0.25) is 0 Å². The van der Waals surface area contributed by atoms with E-state index in [2.05, 4.69) is 25.3 Å². The number of nitrogens with one attached hydrogen (secondary N) is 1. The number of aromatic nitrogens is 5. The molecule has 3 rings (SSSR count). The first-order valence-electron chi connectivity index (χ1n) is 7.40. The van der Waals surface area contributed by atoms with Gasteiger partial charge in [-0.1, -0.05) is 30.8 Å². The number of aromatic amines is 1. The second-order valence-electron chi connectivity index (χ2n) is 5.31. The van der Waals surface area contributed by atoms with E-state index in [0.717, 1.165) is 25.7 Å². The molecule has 0 aliphatic heterocycles. The molecule has 2 aromatic rings. The Kier molecular flexibility index (Phi) is 3.87. The second kappa shape index (κ2) is 5.80. The molecule has 3 N–H and O–H groups in total. The molecule has 0 saturated heterocycles. The molecular weight excluding hydrogens is 272 g/mol. The normalized spacial score (nSPS) is 18.5. The summed E-state index contributed by atoms with van der Waals surface area (Å²) in [5, 5.41) is 10.6. The smallest absolute Gasteiger partial charge is 0.295 e. The number of rotatable bonds is 4. The van der Waals surface area contributed by atoms with E-state index in [-0.39, 0.29) is 11.8 Å². The largest absolute Gasteiger partial charge is 0.367 e. The average molecular weight is 292 g/mol. The van der Waals surface area contributed by atoms with Gasteiger partial charge in [-0.2, -0.15) is 9.97 Å². The Balaban J connectivity index is 1.91. The molecule has 8 heteroatoms. The zero-order chi connectivity index (χ0) is 14.7. The average Bonchev–Trinajstić information content (AvgIpc) is 3.06. The lowest BCUT2D eigenvalue weighted by Crippen LogP contribution is -2.30. The maximum Gasteiger partial charge on any atom is 0.295 e. The van der Waals surface area contributed by atoms with Crippen LogP contribution >= 0.6 is 0 Å². The van der Waals surface area contributed by atoms with E-state index in [1.54, 1.807) is 0 Å². The molecular formula is C13H20N6O2. The number of hydrogen-bond acceptors (Lipinski definition) is 7. The molecule has 1 aliphatic carbocycles. The number of ether oxygens (including phenoxy) is 1. The van der Waals surface area contributed by atoms with Crippen LogP contribution in [-0.2, 0) is 10.3 Å². The fraction of sp³-hybridized carbons (Fsp3) is 0.692. The van der Waals surface area contributed by atoms with Gasteiger partial charge in [-0.3, -0.25) is 5.10 Å². The van der Waals surface area contributed by atoms with Crippen molar-refractivity contribution >= 4 is 5.95 Å². The summed E-state index contributed by atoms with van der Waals surface area (Å²) in [6.45, 7) is 2.61. The minimum Gasteiger partial charge on any atom is -0.367 e. The molecule has 0 aromatic carbocycles. The Labute approximate surface area is 122 Å². The third-order valence-corrected chi connectivity index (χ3v) is 3.87. The first-order chi connectivity index (χ1) is 10.2. The van der Waals surface area contributed by atoms with Gasteiger partial charge in [0.05, 0.1) is 0 Å². The van der Waals surface area contributed by atoms with Crippen LogP contribution in [-0.4, -0.2) is 31.9 Å². The van der Waals surface area contributed by atoms with Crippen molar-refractivity contribution in [3.63, 3.8) is 0 Å². The van der Waals surface area contributed by atoms with Crippen molar-refractivity contribution < 1.29 is 9.26 Å². The molecule has 0 atom stereocenters. The number of nitrogens with zero attached hydrogens (tertiary/aromatic N) is 4. The van der Waals surface area contributed by atoms with Gasteiger partial charge in [0.2, 0.25) is 17.6 Å². The molecule has 0 radical (unpaired) electrons. The van der Waals surface area contributed by atoms with Gasteiger partial charge in [0.15, 0.2) is 0 Å². The number of nitrogens with two attached hydrogens (primary N) is 1. The number of hydrogen-bond donors (Lipinski definition) is 2. The molecule has 0 amide bonds. The summed E-state index contributed by atoms with van der Waals surface area (Å²) in [7, 11) is 0. The quantitative estimate of drug-likeness (QED) is 0.828. The highest BCUT2D eigenvalue weighted by Crippen LogP contribution is 2.38. The highest BCUT2D eigenvalue weighted by molar-refractivity contribution is 5.41. The van der Waals surface area contributed by atoms with Gasteiger partial charge in [-0.05, 0) is 19.8 Å². The summed E-state index contributed by atoms with van der Waals surface area (Å²) in [6.07, 6.45) is 6.49. The Bertz CT molecular complexity index is 585. The molecule has 0 unspecified atom stereocenters. The summed E-state index contributed by atoms with van der Waals surface area (Å²) < 4.78 is 11.3. The SMILES string of the molecule is CCOC1(c2noc(-c3nc(N)n[nH]3)n2)CCCCCC1. The molecule has 1 aliphatic rings. The number of H-pyrrole nitrogens is 1. The van der Waals surface area contributed by atoms with Gasteiger partial charge in [0.1, 0.15) is 5.60 Å². The van der Waals surface area contributed by atoms with E-state index in [4.69, 9.17) is 15.0 Å². The van der Waals surface area contributed by atoms with Gasteiger partial charge in [-0.15, -0.1) is 5.10 Å². The van der Waals surface area contributed by atoms with Crippen molar-refractivity contribution in [3.8, 4) is 11.7 Å². The first-order valence-corrected chi connectivity index (χ1v) is 7.40. The van der Waals surface area contributed by atoms with Crippen LogP contribution in [0.15, 0.2) is 4.52 Å². The van der Waals surface area contributed by atoms with Crippen LogP contribution in [0, 0.1) is 0 Å². The Morgan fingerprint density at radius 3 is 2.62 bits per heavy atom. The molecule has 21 heavy (non-hydrogen) atoms. The van der Waals surface area contributed by atoms with E-state index >= 15 is 0 Å². The second-order valence-corrected chi connectivity index (χ2v) is 5.31. The third kappa shape index (κ3) is 2.76. The summed E-state index contributed by atoms with van der Waals surface area (Å²) in [6, 6.07) is 0. The first kappa shape index (κ1) is 14.0. The van der Waals surface area contributed by atoms with Crippen molar-refractivity contribution in [1.29, 1.82) is 0 Å².